The van der Waals surface area contributed by atoms with Gasteiger partial charge >= 0.3 is 6.36 Å². The van der Waals surface area contributed by atoms with Crippen LogP contribution < -0.4 is 9.47 Å². The highest BCUT2D eigenvalue weighted by Gasteiger charge is 2.32. The van der Waals surface area contributed by atoms with Gasteiger partial charge in [0.25, 0.3) is 5.91 Å². The average Bonchev–Trinajstić information content (AvgIpc) is 3.05. The zero-order valence-electron chi connectivity index (χ0n) is 17.4. The monoisotopic (exact) mass is 442 g/mol. The van der Waals surface area contributed by atoms with Crippen molar-refractivity contribution >= 4 is 5.91 Å². The number of carbonyl (C=O) groups is 1. The normalized spacial score (nSPS) is 13.2. The zero-order valence-corrected chi connectivity index (χ0v) is 17.4. The Morgan fingerprint density at radius 1 is 1.06 bits per heavy atom. The van der Waals surface area contributed by atoms with Crippen LogP contribution in [0.25, 0.3) is 0 Å². The first-order valence-electron chi connectivity index (χ1n) is 10.1. The van der Waals surface area contributed by atoms with Crippen LogP contribution in [0.4, 0.5) is 13.2 Å². The second kappa shape index (κ2) is 8.90. The van der Waals surface area contributed by atoms with E-state index in [4.69, 9.17) is 4.74 Å². The first-order chi connectivity index (χ1) is 15.3. The van der Waals surface area contributed by atoms with Gasteiger partial charge in [0.15, 0.2) is 0 Å². The number of nitrogens with zero attached hydrogens (tertiary/aromatic N) is 2. The number of ether oxygens (including phenoxy) is 2. The van der Waals surface area contributed by atoms with E-state index in [2.05, 4.69) is 9.72 Å². The van der Waals surface area contributed by atoms with Gasteiger partial charge in [-0.25, -0.2) is 0 Å². The summed E-state index contributed by atoms with van der Waals surface area (Å²) in [5.41, 5.74) is 4.01. The Labute approximate surface area is 183 Å². The van der Waals surface area contributed by atoms with Gasteiger partial charge in [-0.3, -0.25) is 9.78 Å². The summed E-state index contributed by atoms with van der Waals surface area (Å²) < 4.78 is 46.7. The lowest BCUT2D eigenvalue weighted by Crippen LogP contribution is -2.23. The molecule has 2 heterocycles. The van der Waals surface area contributed by atoms with Crippen LogP contribution in [0, 0.1) is 6.92 Å². The fourth-order valence-electron chi connectivity index (χ4n) is 3.74. The Kier molecular flexibility index (Phi) is 6.03. The van der Waals surface area contributed by atoms with Gasteiger partial charge in [-0.15, -0.1) is 13.2 Å². The van der Waals surface area contributed by atoms with Crippen molar-refractivity contribution in [3.63, 3.8) is 0 Å². The van der Waals surface area contributed by atoms with Gasteiger partial charge in [-0.05, 0) is 60.0 Å². The number of benzene rings is 2. The van der Waals surface area contributed by atoms with Crippen molar-refractivity contribution in [2.24, 2.45) is 0 Å². The number of halogens is 3. The van der Waals surface area contributed by atoms with E-state index in [0.717, 1.165) is 16.8 Å². The van der Waals surface area contributed by atoms with Crippen molar-refractivity contribution in [2.45, 2.75) is 32.8 Å². The lowest BCUT2D eigenvalue weighted by atomic mass is 10.0. The predicted octanol–water partition coefficient (Wildman–Crippen LogP) is 5.07. The molecule has 3 aromatic rings. The number of fused-ring (bicyclic) bond motifs is 1. The standard InChI is InChI=1S/C24H21F3N2O3/c1-16-12-21(31-11-9-19-4-2-3-10-28-19)13-18-15-29(23(30)22(16)18)14-17-5-7-20(8-6-17)32-24(25,26)27/h2-8,10,12-13H,9,11,14-15H2,1H3. The summed E-state index contributed by atoms with van der Waals surface area (Å²) in [5.74, 6) is 0.300. The van der Waals surface area contributed by atoms with Crippen molar-refractivity contribution in [3.8, 4) is 11.5 Å². The van der Waals surface area contributed by atoms with E-state index in [9.17, 15) is 18.0 Å². The summed E-state index contributed by atoms with van der Waals surface area (Å²) in [6, 6.07) is 15.0. The van der Waals surface area contributed by atoms with E-state index in [1.165, 1.54) is 24.3 Å². The molecule has 4 rings (SSSR count). The number of aromatic nitrogens is 1. The number of pyridine rings is 1. The van der Waals surface area contributed by atoms with E-state index in [0.29, 0.717) is 36.4 Å². The van der Waals surface area contributed by atoms with Crippen LogP contribution in [0.5, 0.6) is 11.5 Å². The Morgan fingerprint density at radius 3 is 2.53 bits per heavy atom. The van der Waals surface area contributed by atoms with E-state index >= 15 is 0 Å². The van der Waals surface area contributed by atoms with Crippen LogP contribution in [-0.2, 0) is 19.5 Å². The lowest BCUT2D eigenvalue weighted by molar-refractivity contribution is -0.274. The highest BCUT2D eigenvalue weighted by atomic mass is 19.4. The van der Waals surface area contributed by atoms with Crippen LogP contribution in [-0.4, -0.2) is 28.8 Å². The van der Waals surface area contributed by atoms with Crippen LogP contribution in [0.3, 0.4) is 0 Å². The molecule has 0 saturated heterocycles. The van der Waals surface area contributed by atoms with Gasteiger partial charge in [0.1, 0.15) is 11.5 Å². The average molecular weight is 442 g/mol. The summed E-state index contributed by atoms with van der Waals surface area (Å²) >= 11 is 0. The van der Waals surface area contributed by atoms with E-state index in [1.54, 1.807) is 11.1 Å². The number of rotatable bonds is 7. The molecule has 0 radical (unpaired) electrons. The maximum absolute atomic E-state index is 12.9. The molecule has 1 aliphatic rings. The van der Waals surface area contributed by atoms with Gasteiger partial charge < -0.3 is 14.4 Å². The molecule has 0 spiro atoms. The van der Waals surface area contributed by atoms with E-state index < -0.39 is 6.36 Å². The van der Waals surface area contributed by atoms with Crippen molar-refractivity contribution in [3.05, 3.63) is 88.7 Å². The molecule has 0 atom stereocenters. The zero-order chi connectivity index (χ0) is 22.7. The molecular formula is C24H21F3N2O3. The van der Waals surface area contributed by atoms with E-state index in [1.807, 2.05) is 37.3 Å². The number of carbonyl (C=O) groups excluding carboxylic acids is 1. The Bertz CT molecular complexity index is 1100. The van der Waals surface area contributed by atoms with Crippen LogP contribution >= 0.6 is 0 Å². The molecule has 1 amide bonds. The molecule has 0 fully saturated rings. The molecule has 32 heavy (non-hydrogen) atoms. The van der Waals surface area contributed by atoms with Gasteiger partial charge in [0.05, 0.1) is 6.61 Å². The van der Waals surface area contributed by atoms with Crippen molar-refractivity contribution in [1.82, 2.24) is 9.88 Å². The quantitative estimate of drug-likeness (QED) is 0.513. The lowest BCUT2D eigenvalue weighted by Gasteiger charge is -2.16. The van der Waals surface area contributed by atoms with Gasteiger partial charge in [-0.1, -0.05) is 18.2 Å². The third kappa shape index (κ3) is 5.19. The maximum atomic E-state index is 12.9. The van der Waals surface area contributed by atoms with Crippen molar-refractivity contribution in [1.29, 1.82) is 0 Å². The summed E-state index contributed by atoms with van der Waals surface area (Å²) in [6.45, 7) is 3.04. The Morgan fingerprint density at radius 2 is 1.84 bits per heavy atom. The van der Waals surface area contributed by atoms with Crippen LogP contribution in [0.2, 0.25) is 0 Å². The summed E-state index contributed by atoms with van der Waals surface area (Å²) in [6.07, 6.45) is -2.31. The fourth-order valence-corrected chi connectivity index (χ4v) is 3.74. The molecule has 0 N–H and O–H groups in total. The summed E-state index contributed by atoms with van der Waals surface area (Å²) in [5, 5.41) is 0. The SMILES string of the molecule is Cc1cc(OCCc2ccccn2)cc2c1C(=O)N(Cc1ccc(OC(F)(F)F)cc1)C2. The largest absolute Gasteiger partial charge is 0.573 e. The van der Waals surface area contributed by atoms with Crippen molar-refractivity contribution in [2.75, 3.05) is 6.61 Å². The number of alkyl halides is 3. The smallest absolute Gasteiger partial charge is 0.493 e. The second-order valence-electron chi connectivity index (χ2n) is 7.55. The first kappa shape index (κ1) is 21.7. The number of hydrogen-bond acceptors (Lipinski definition) is 4. The minimum Gasteiger partial charge on any atom is -0.493 e. The molecule has 5 nitrogen and oxygen atoms in total. The summed E-state index contributed by atoms with van der Waals surface area (Å²) in [7, 11) is 0. The number of amides is 1. The topological polar surface area (TPSA) is 51.7 Å². The molecule has 8 heteroatoms. The number of hydrogen-bond donors (Lipinski definition) is 0. The highest BCUT2D eigenvalue weighted by Crippen LogP contribution is 2.31. The molecule has 0 bridgehead atoms. The van der Waals surface area contributed by atoms with Crippen LogP contribution in [0.1, 0.15) is 32.7 Å². The molecule has 2 aromatic carbocycles. The van der Waals surface area contributed by atoms with Crippen LogP contribution in [0.15, 0.2) is 60.8 Å². The summed E-state index contributed by atoms with van der Waals surface area (Å²) in [4.78, 5) is 18.8. The third-order valence-electron chi connectivity index (χ3n) is 5.14. The minimum absolute atomic E-state index is 0.104. The molecule has 0 aliphatic carbocycles. The molecule has 1 aromatic heterocycles. The third-order valence-corrected chi connectivity index (χ3v) is 5.14. The fraction of sp³-hybridized carbons (Fsp3) is 0.250. The molecule has 1 aliphatic heterocycles. The molecular weight excluding hydrogens is 421 g/mol. The second-order valence-corrected chi connectivity index (χ2v) is 7.55. The van der Waals surface area contributed by atoms with Gasteiger partial charge in [-0.2, -0.15) is 0 Å². The Balaban J connectivity index is 1.40. The van der Waals surface area contributed by atoms with Gasteiger partial charge in [0.2, 0.25) is 0 Å². The van der Waals surface area contributed by atoms with Crippen molar-refractivity contribution < 1.29 is 27.4 Å². The Hall–Kier alpha value is -3.55. The predicted molar refractivity (Wildman–Crippen MR) is 111 cm³/mol. The molecule has 0 unspecified atom stereocenters. The first-order valence-corrected chi connectivity index (χ1v) is 10.1. The highest BCUT2D eigenvalue weighted by molar-refractivity contribution is 6.00. The minimum atomic E-state index is -4.73. The van der Waals surface area contributed by atoms with Gasteiger partial charge in [0, 0.05) is 37.0 Å². The molecule has 166 valence electrons. The molecule has 0 saturated carbocycles. The maximum Gasteiger partial charge on any atom is 0.573 e. The van der Waals surface area contributed by atoms with E-state index in [-0.39, 0.29) is 18.2 Å². The number of aryl methyl sites for hydroxylation is 1.